The first-order chi connectivity index (χ1) is 27.4. The van der Waals surface area contributed by atoms with Crippen LogP contribution in [-0.4, -0.2) is 126 Å². The third kappa shape index (κ3) is 20.4. The average Bonchev–Trinajstić information content (AvgIpc) is 3.15. The van der Waals surface area contributed by atoms with Gasteiger partial charge in [0.2, 0.25) is 47.3 Å². The summed E-state index contributed by atoms with van der Waals surface area (Å²) < 4.78 is 0. The SMILES string of the molecule is CC[C@H](C)[C@H](NC(=O)[C@@H](NC(=O)[C@@H](NC(=O)CNC(=O)CNC(=O)[C@@H](NC(=O)[C@H](CCSC)NC(=O)[C@@H](N)CC(C)C)C(C)C)C(C)C)C(C)C)C(=O)N[C@@H](C)C(=O)O. The topological polar surface area (TPSA) is 296 Å². The summed E-state index contributed by atoms with van der Waals surface area (Å²) in [6, 6.07) is -7.35. The van der Waals surface area contributed by atoms with Crippen LogP contribution in [0.5, 0.6) is 0 Å². The molecular formula is C39H71N9O10S. The van der Waals surface area contributed by atoms with Crippen LogP contribution >= 0.6 is 11.8 Å². The van der Waals surface area contributed by atoms with Crippen LogP contribution in [-0.2, 0) is 43.2 Å². The van der Waals surface area contributed by atoms with Gasteiger partial charge in [0.05, 0.1) is 19.1 Å². The van der Waals surface area contributed by atoms with E-state index >= 15 is 0 Å². The first-order valence-corrected chi connectivity index (χ1v) is 21.6. The third-order valence-corrected chi connectivity index (χ3v) is 10.1. The van der Waals surface area contributed by atoms with Gasteiger partial charge >= 0.3 is 5.97 Å². The van der Waals surface area contributed by atoms with E-state index in [1.807, 2.05) is 20.1 Å². The second-order valence-corrected chi connectivity index (χ2v) is 17.2. The molecule has 20 heteroatoms. The van der Waals surface area contributed by atoms with E-state index in [0.717, 1.165) is 0 Å². The summed E-state index contributed by atoms with van der Waals surface area (Å²) in [7, 11) is 0. The Morgan fingerprint density at radius 1 is 0.559 bits per heavy atom. The summed E-state index contributed by atoms with van der Waals surface area (Å²) in [5.74, 6) is -7.45. The molecule has 8 amide bonds. The Balaban J connectivity index is 5.50. The van der Waals surface area contributed by atoms with E-state index in [4.69, 9.17) is 5.73 Å². The summed E-state index contributed by atoms with van der Waals surface area (Å²) in [6.07, 6.45) is 3.07. The van der Waals surface area contributed by atoms with Crippen LogP contribution in [0.4, 0.5) is 0 Å². The molecule has 11 N–H and O–H groups in total. The van der Waals surface area contributed by atoms with Gasteiger partial charge in [-0.3, -0.25) is 43.2 Å². The van der Waals surface area contributed by atoms with E-state index in [2.05, 4.69) is 42.5 Å². The smallest absolute Gasteiger partial charge is 0.325 e. The maximum Gasteiger partial charge on any atom is 0.325 e. The van der Waals surface area contributed by atoms with Gasteiger partial charge in [-0.05, 0) is 61.4 Å². The fourth-order valence-corrected chi connectivity index (χ4v) is 6.02. The first-order valence-electron chi connectivity index (χ1n) is 20.2. The standard InChI is InChI=1S/C39H71N9O10S/c1-13-23(10)32(38(56)43-24(11)39(57)58)48-37(55)31(22(8)9)47-36(54)30(21(6)7)45-28(50)18-41-27(49)17-42-35(53)29(20(4)5)46-34(52)26(14-15-59-12)44-33(51)25(40)16-19(2)3/h19-26,29-32H,13-18,40H2,1-12H3,(H,41,49)(H,42,53)(H,43,56)(H,44,51)(H,45,50)(H,46,52)(H,47,54)(H,48,55)(H,57,58)/t23-,24-,25-,26-,29-,30-,31-,32-/m0/s1. The van der Waals surface area contributed by atoms with Crippen molar-refractivity contribution in [2.24, 2.45) is 35.3 Å². The average molecular weight is 858 g/mol. The molecule has 0 aromatic carbocycles. The molecule has 0 saturated carbocycles. The molecular weight excluding hydrogens is 787 g/mol. The van der Waals surface area contributed by atoms with Gasteiger partial charge in [0.15, 0.2) is 0 Å². The number of carbonyl (C=O) groups is 9. The highest BCUT2D eigenvalue weighted by Crippen LogP contribution is 2.12. The molecule has 0 aliphatic rings. The Morgan fingerprint density at radius 3 is 1.49 bits per heavy atom. The molecule has 0 aromatic heterocycles. The molecule has 0 saturated heterocycles. The maximum absolute atomic E-state index is 13.5. The molecule has 0 radical (unpaired) electrons. The normalized spacial score (nSPS) is 15.4. The van der Waals surface area contributed by atoms with Gasteiger partial charge in [-0.1, -0.05) is 75.7 Å². The summed E-state index contributed by atoms with van der Waals surface area (Å²) in [4.78, 5) is 116. The molecule has 0 fully saturated rings. The van der Waals surface area contributed by atoms with Gasteiger partial charge in [-0.2, -0.15) is 11.8 Å². The Morgan fingerprint density at radius 2 is 1.02 bits per heavy atom. The molecule has 8 atom stereocenters. The van der Waals surface area contributed by atoms with Crippen LogP contribution in [0.3, 0.4) is 0 Å². The number of amides is 8. The van der Waals surface area contributed by atoms with Crippen molar-refractivity contribution in [3.63, 3.8) is 0 Å². The zero-order chi connectivity index (χ0) is 45.7. The van der Waals surface area contributed by atoms with Crippen LogP contribution in [0.1, 0.15) is 95.4 Å². The predicted molar refractivity (Wildman–Crippen MR) is 225 cm³/mol. The van der Waals surface area contributed by atoms with E-state index in [-0.39, 0.29) is 11.8 Å². The molecule has 0 unspecified atom stereocenters. The summed E-state index contributed by atoms with van der Waals surface area (Å²) in [5, 5.41) is 29.6. The zero-order valence-electron chi connectivity index (χ0n) is 36.8. The number of carboxylic acids is 1. The Hall–Kier alpha value is -4.46. The maximum atomic E-state index is 13.5. The lowest BCUT2D eigenvalue weighted by atomic mass is 9.95. The molecule has 338 valence electrons. The van der Waals surface area contributed by atoms with E-state index in [9.17, 15) is 48.3 Å². The van der Waals surface area contributed by atoms with Crippen LogP contribution in [0.25, 0.3) is 0 Å². The summed E-state index contributed by atoms with van der Waals surface area (Å²) >= 11 is 1.48. The molecule has 19 nitrogen and oxygen atoms in total. The first kappa shape index (κ1) is 54.5. The van der Waals surface area contributed by atoms with Crippen molar-refractivity contribution in [1.82, 2.24) is 42.5 Å². The lowest BCUT2D eigenvalue weighted by molar-refractivity contribution is -0.142. The fraction of sp³-hybridized carbons (Fsp3) is 0.769. The molecule has 0 rings (SSSR count). The van der Waals surface area contributed by atoms with Gasteiger partial charge in [0, 0.05) is 0 Å². The fourth-order valence-electron chi connectivity index (χ4n) is 5.55. The highest BCUT2D eigenvalue weighted by molar-refractivity contribution is 7.98. The minimum Gasteiger partial charge on any atom is -0.480 e. The number of carbonyl (C=O) groups excluding carboxylic acids is 8. The molecule has 59 heavy (non-hydrogen) atoms. The van der Waals surface area contributed by atoms with E-state index in [1.54, 1.807) is 55.4 Å². The number of hydrogen-bond donors (Lipinski definition) is 10. The Bertz CT molecular complexity index is 1450. The van der Waals surface area contributed by atoms with Crippen molar-refractivity contribution < 1.29 is 48.3 Å². The van der Waals surface area contributed by atoms with Crippen LogP contribution in [0.2, 0.25) is 0 Å². The highest BCUT2D eigenvalue weighted by Gasteiger charge is 2.35. The van der Waals surface area contributed by atoms with Gasteiger partial charge < -0.3 is 53.4 Å². The van der Waals surface area contributed by atoms with Gasteiger partial charge in [-0.15, -0.1) is 0 Å². The highest BCUT2D eigenvalue weighted by atomic mass is 32.2. The number of aliphatic carboxylic acids is 1. The number of rotatable bonds is 27. The molecule has 0 aromatic rings. The second-order valence-electron chi connectivity index (χ2n) is 16.3. The van der Waals surface area contributed by atoms with E-state index in [0.29, 0.717) is 25.0 Å². The molecule has 0 bridgehead atoms. The number of nitrogens with two attached hydrogens (primary N) is 1. The second kappa shape index (κ2) is 27.3. The van der Waals surface area contributed by atoms with Gasteiger partial charge in [0.25, 0.3) is 0 Å². The lowest BCUT2D eigenvalue weighted by Crippen LogP contribution is -2.61. The van der Waals surface area contributed by atoms with Crippen LogP contribution < -0.4 is 48.3 Å². The van der Waals surface area contributed by atoms with Gasteiger partial charge in [0.1, 0.15) is 36.3 Å². The van der Waals surface area contributed by atoms with Crippen molar-refractivity contribution in [2.45, 2.75) is 138 Å². The van der Waals surface area contributed by atoms with Crippen LogP contribution in [0, 0.1) is 29.6 Å². The van der Waals surface area contributed by atoms with Gasteiger partial charge in [-0.25, -0.2) is 0 Å². The Kier molecular flexibility index (Phi) is 25.3. The zero-order valence-corrected chi connectivity index (χ0v) is 37.6. The lowest BCUT2D eigenvalue weighted by Gasteiger charge is -2.30. The Labute approximate surface area is 353 Å². The number of hydrogen-bond acceptors (Lipinski definition) is 11. The quantitative estimate of drug-likeness (QED) is 0.0495. The summed E-state index contributed by atoms with van der Waals surface area (Å²) in [5.41, 5.74) is 6.01. The van der Waals surface area contributed by atoms with Crippen molar-refractivity contribution in [3.05, 3.63) is 0 Å². The minimum atomic E-state index is -1.25. The van der Waals surface area contributed by atoms with E-state index < -0.39 is 126 Å². The third-order valence-electron chi connectivity index (χ3n) is 9.46. The van der Waals surface area contributed by atoms with Crippen molar-refractivity contribution in [2.75, 3.05) is 25.1 Å². The monoisotopic (exact) mass is 858 g/mol. The summed E-state index contributed by atoms with van der Waals surface area (Å²) in [6.45, 7) is 17.7. The minimum absolute atomic E-state index is 0.167. The number of thioether (sulfide) groups is 1. The largest absolute Gasteiger partial charge is 0.480 e. The molecule has 0 heterocycles. The molecule has 0 spiro atoms. The van der Waals surface area contributed by atoms with Crippen molar-refractivity contribution in [3.8, 4) is 0 Å². The van der Waals surface area contributed by atoms with Crippen molar-refractivity contribution in [1.29, 1.82) is 0 Å². The van der Waals surface area contributed by atoms with Crippen molar-refractivity contribution >= 4 is 65.0 Å². The molecule has 0 aliphatic carbocycles. The predicted octanol–water partition coefficient (Wildman–Crippen LogP) is -0.627. The number of carboxylic acid groups (broad SMARTS) is 1. The van der Waals surface area contributed by atoms with E-state index in [1.165, 1.54) is 18.7 Å². The van der Waals surface area contributed by atoms with Crippen LogP contribution in [0.15, 0.2) is 0 Å². The number of nitrogens with one attached hydrogen (secondary N) is 8. The molecule has 0 aliphatic heterocycles.